The van der Waals surface area contributed by atoms with Gasteiger partial charge in [0.2, 0.25) is 0 Å². The van der Waals surface area contributed by atoms with Gasteiger partial charge in [-0.3, -0.25) is 4.79 Å². The molecule has 3 rings (SSSR count). The Morgan fingerprint density at radius 3 is 2.68 bits per heavy atom. The molecule has 1 saturated heterocycles. The zero-order chi connectivity index (χ0) is 15.4. The quantitative estimate of drug-likeness (QED) is 0.798. The summed E-state index contributed by atoms with van der Waals surface area (Å²) in [4.78, 5) is 19.3. The van der Waals surface area contributed by atoms with Crippen molar-refractivity contribution >= 4 is 17.7 Å². The zero-order valence-electron chi connectivity index (χ0n) is 12.7. The molecule has 0 N–H and O–H groups in total. The lowest BCUT2D eigenvalue weighted by Crippen LogP contribution is -2.38. The summed E-state index contributed by atoms with van der Waals surface area (Å²) in [7, 11) is 0. The summed E-state index contributed by atoms with van der Waals surface area (Å²) < 4.78 is 0. The third-order valence-electron chi connectivity index (χ3n) is 4.14. The minimum absolute atomic E-state index is 0.124. The number of piperidine rings is 1. The standard InChI is InChI=1S/C18H20N2OS/c1-22-17-11-10-15(13-19-17)16-9-5-6-12-20(16)18(21)14-7-3-2-4-8-14/h2-4,7-8,10-11,13,16H,5-6,9,12H2,1H3/t16-/m0/s1. The average molecular weight is 312 g/mol. The smallest absolute Gasteiger partial charge is 0.254 e. The molecule has 3 nitrogen and oxygen atoms in total. The molecule has 1 aliphatic heterocycles. The van der Waals surface area contributed by atoms with Crippen LogP contribution < -0.4 is 0 Å². The maximum atomic E-state index is 12.8. The topological polar surface area (TPSA) is 33.2 Å². The number of benzene rings is 1. The molecule has 22 heavy (non-hydrogen) atoms. The normalized spacial score (nSPS) is 18.2. The Morgan fingerprint density at radius 2 is 2.00 bits per heavy atom. The van der Waals surface area contributed by atoms with Crippen LogP contribution in [0.1, 0.15) is 41.2 Å². The lowest BCUT2D eigenvalue weighted by atomic mass is 9.95. The fraction of sp³-hybridized carbons (Fsp3) is 0.333. The number of carbonyl (C=O) groups is 1. The molecule has 0 unspecified atom stereocenters. The molecular formula is C18H20N2OS. The first-order valence-electron chi connectivity index (χ1n) is 7.65. The first-order valence-corrected chi connectivity index (χ1v) is 8.88. The van der Waals surface area contributed by atoms with Crippen molar-refractivity contribution in [2.45, 2.75) is 30.3 Å². The molecule has 0 aliphatic carbocycles. The van der Waals surface area contributed by atoms with Gasteiger partial charge >= 0.3 is 0 Å². The van der Waals surface area contributed by atoms with E-state index in [1.54, 1.807) is 11.8 Å². The predicted molar refractivity (Wildman–Crippen MR) is 90.1 cm³/mol. The molecule has 0 radical (unpaired) electrons. The number of carbonyl (C=O) groups excluding carboxylic acids is 1. The van der Waals surface area contributed by atoms with Crippen molar-refractivity contribution in [3.8, 4) is 0 Å². The van der Waals surface area contributed by atoms with E-state index >= 15 is 0 Å². The molecule has 1 aromatic carbocycles. The van der Waals surface area contributed by atoms with Gasteiger partial charge in [-0.15, -0.1) is 11.8 Å². The van der Waals surface area contributed by atoms with Crippen molar-refractivity contribution < 1.29 is 4.79 Å². The van der Waals surface area contributed by atoms with Gasteiger partial charge in [0.15, 0.2) is 0 Å². The van der Waals surface area contributed by atoms with Crippen LogP contribution in [0, 0.1) is 0 Å². The average Bonchev–Trinajstić information content (AvgIpc) is 2.62. The molecular weight excluding hydrogens is 292 g/mol. The number of hydrogen-bond acceptors (Lipinski definition) is 3. The van der Waals surface area contributed by atoms with E-state index in [1.165, 1.54) is 0 Å². The number of nitrogens with zero attached hydrogens (tertiary/aromatic N) is 2. The maximum absolute atomic E-state index is 12.8. The third kappa shape index (κ3) is 3.17. The fourth-order valence-corrected chi connectivity index (χ4v) is 3.34. The highest BCUT2D eigenvalue weighted by molar-refractivity contribution is 7.98. The Kier molecular flexibility index (Phi) is 4.78. The molecule has 1 amide bonds. The molecule has 4 heteroatoms. The maximum Gasteiger partial charge on any atom is 0.254 e. The van der Waals surface area contributed by atoms with Crippen molar-refractivity contribution in [2.75, 3.05) is 12.8 Å². The van der Waals surface area contributed by atoms with Crippen molar-refractivity contribution in [1.29, 1.82) is 0 Å². The Bertz CT molecular complexity index is 627. The van der Waals surface area contributed by atoms with Gasteiger partial charge in [0.05, 0.1) is 11.1 Å². The van der Waals surface area contributed by atoms with Crippen LogP contribution in [0.5, 0.6) is 0 Å². The van der Waals surface area contributed by atoms with Gasteiger partial charge in [-0.05, 0) is 49.3 Å². The van der Waals surface area contributed by atoms with Crippen LogP contribution in [0.25, 0.3) is 0 Å². The fourth-order valence-electron chi connectivity index (χ4n) is 2.98. The second-order valence-electron chi connectivity index (χ2n) is 5.51. The highest BCUT2D eigenvalue weighted by atomic mass is 32.2. The number of likely N-dealkylation sites (tertiary alicyclic amines) is 1. The number of rotatable bonds is 3. The van der Waals surface area contributed by atoms with Gasteiger partial charge in [0.25, 0.3) is 5.91 Å². The lowest BCUT2D eigenvalue weighted by Gasteiger charge is -2.36. The Balaban J connectivity index is 1.86. The Morgan fingerprint density at radius 1 is 1.18 bits per heavy atom. The molecule has 0 saturated carbocycles. The van der Waals surface area contributed by atoms with E-state index in [0.717, 1.165) is 42.0 Å². The Hall–Kier alpha value is -1.81. The van der Waals surface area contributed by atoms with Crippen molar-refractivity contribution in [2.24, 2.45) is 0 Å². The molecule has 2 heterocycles. The molecule has 1 fully saturated rings. The minimum Gasteiger partial charge on any atom is -0.332 e. The van der Waals surface area contributed by atoms with E-state index in [9.17, 15) is 4.79 Å². The minimum atomic E-state index is 0.124. The number of thioether (sulfide) groups is 1. The van der Waals surface area contributed by atoms with Gasteiger partial charge in [-0.1, -0.05) is 24.3 Å². The van der Waals surface area contributed by atoms with Crippen LogP contribution >= 0.6 is 11.8 Å². The summed E-state index contributed by atoms with van der Waals surface area (Å²) in [6.45, 7) is 0.822. The highest BCUT2D eigenvalue weighted by Gasteiger charge is 2.28. The van der Waals surface area contributed by atoms with Crippen molar-refractivity contribution in [3.05, 3.63) is 59.8 Å². The van der Waals surface area contributed by atoms with E-state index < -0.39 is 0 Å². The van der Waals surface area contributed by atoms with E-state index in [1.807, 2.05) is 53.8 Å². The van der Waals surface area contributed by atoms with Crippen LogP contribution in [0.2, 0.25) is 0 Å². The number of aromatic nitrogens is 1. The largest absolute Gasteiger partial charge is 0.332 e. The van der Waals surface area contributed by atoms with Gasteiger partial charge in [-0.2, -0.15) is 0 Å². The SMILES string of the molecule is CSc1ccc([C@@H]2CCCCN2C(=O)c2ccccc2)cn1. The van der Waals surface area contributed by atoms with E-state index in [2.05, 4.69) is 11.1 Å². The summed E-state index contributed by atoms with van der Waals surface area (Å²) >= 11 is 1.64. The zero-order valence-corrected chi connectivity index (χ0v) is 13.6. The second-order valence-corrected chi connectivity index (χ2v) is 6.34. The van der Waals surface area contributed by atoms with E-state index in [-0.39, 0.29) is 11.9 Å². The summed E-state index contributed by atoms with van der Waals surface area (Å²) in [5.74, 6) is 0.124. The van der Waals surface area contributed by atoms with Crippen molar-refractivity contribution in [1.82, 2.24) is 9.88 Å². The number of hydrogen-bond donors (Lipinski definition) is 0. The third-order valence-corrected chi connectivity index (χ3v) is 4.80. The summed E-state index contributed by atoms with van der Waals surface area (Å²) in [6.07, 6.45) is 7.19. The molecule has 1 atom stereocenters. The van der Waals surface area contributed by atoms with Crippen LogP contribution in [0.15, 0.2) is 53.7 Å². The van der Waals surface area contributed by atoms with E-state index in [0.29, 0.717) is 0 Å². The van der Waals surface area contributed by atoms with E-state index in [4.69, 9.17) is 0 Å². The Labute approximate surface area is 135 Å². The summed E-state index contributed by atoms with van der Waals surface area (Å²) in [5.41, 5.74) is 1.91. The summed E-state index contributed by atoms with van der Waals surface area (Å²) in [5, 5.41) is 1.01. The van der Waals surface area contributed by atoms with Crippen LogP contribution in [0.3, 0.4) is 0 Å². The number of pyridine rings is 1. The molecule has 114 valence electrons. The molecule has 0 bridgehead atoms. The van der Waals surface area contributed by atoms with Gasteiger partial charge in [0.1, 0.15) is 0 Å². The van der Waals surface area contributed by atoms with Crippen LogP contribution in [-0.4, -0.2) is 28.6 Å². The first-order chi connectivity index (χ1) is 10.8. The molecule has 0 spiro atoms. The first kappa shape index (κ1) is 15.1. The monoisotopic (exact) mass is 312 g/mol. The van der Waals surface area contributed by atoms with Gasteiger partial charge in [-0.25, -0.2) is 4.98 Å². The second kappa shape index (κ2) is 6.97. The van der Waals surface area contributed by atoms with Crippen LogP contribution in [-0.2, 0) is 0 Å². The molecule has 2 aromatic rings. The van der Waals surface area contributed by atoms with Crippen LogP contribution in [0.4, 0.5) is 0 Å². The number of amides is 1. The highest BCUT2D eigenvalue weighted by Crippen LogP contribution is 2.32. The molecule has 1 aromatic heterocycles. The van der Waals surface area contributed by atoms with Gasteiger partial charge in [0, 0.05) is 18.3 Å². The predicted octanol–water partition coefficient (Wildman–Crippen LogP) is 4.17. The molecule has 1 aliphatic rings. The lowest BCUT2D eigenvalue weighted by molar-refractivity contribution is 0.0611. The van der Waals surface area contributed by atoms with Crippen molar-refractivity contribution in [3.63, 3.8) is 0 Å². The summed E-state index contributed by atoms with van der Waals surface area (Å²) in [6, 6.07) is 13.9. The van der Waals surface area contributed by atoms with Gasteiger partial charge < -0.3 is 4.90 Å².